The maximum Gasteiger partial charge on any atom is 0.224 e. The molecule has 1 aromatic rings. The van der Waals surface area contributed by atoms with Gasteiger partial charge in [0.25, 0.3) is 0 Å². The number of rotatable bonds is 6. The van der Waals surface area contributed by atoms with Gasteiger partial charge in [-0.1, -0.05) is 0 Å². The summed E-state index contributed by atoms with van der Waals surface area (Å²) in [6.07, 6.45) is 4.41. The zero-order valence-corrected chi connectivity index (χ0v) is 11.3. The molecular formula is C15H22N2O2. The summed E-state index contributed by atoms with van der Waals surface area (Å²) >= 11 is 0. The molecule has 19 heavy (non-hydrogen) atoms. The minimum atomic E-state index is 0.0161. The van der Waals surface area contributed by atoms with Crippen molar-refractivity contribution >= 4 is 17.3 Å². The molecule has 0 radical (unpaired) electrons. The van der Waals surface area contributed by atoms with Gasteiger partial charge < -0.3 is 15.3 Å². The SMILES string of the molecule is O=C(CCCCO)Nc1ccc(N2CCCC2)cc1. The molecule has 1 amide bonds. The number of carbonyl (C=O) groups excluding carboxylic acids is 1. The van der Waals surface area contributed by atoms with E-state index in [0.29, 0.717) is 12.8 Å². The molecule has 1 heterocycles. The Kier molecular flexibility index (Phi) is 5.21. The normalized spacial score (nSPS) is 14.7. The van der Waals surface area contributed by atoms with E-state index in [-0.39, 0.29) is 12.5 Å². The van der Waals surface area contributed by atoms with E-state index in [4.69, 9.17) is 5.11 Å². The summed E-state index contributed by atoms with van der Waals surface area (Å²) < 4.78 is 0. The second kappa shape index (κ2) is 7.14. The van der Waals surface area contributed by atoms with Crippen LogP contribution in [0.3, 0.4) is 0 Å². The summed E-state index contributed by atoms with van der Waals surface area (Å²) in [7, 11) is 0. The molecule has 1 aromatic carbocycles. The van der Waals surface area contributed by atoms with Crippen LogP contribution in [0.2, 0.25) is 0 Å². The minimum Gasteiger partial charge on any atom is -0.396 e. The zero-order chi connectivity index (χ0) is 13.5. The minimum absolute atomic E-state index is 0.0161. The number of amides is 1. The van der Waals surface area contributed by atoms with Crippen molar-refractivity contribution in [1.82, 2.24) is 0 Å². The first-order chi connectivity index (χ1) is 9.29. The highest BCUT2D eigenvalue weighted by atomic mass is 16.2. The van der Waals surface area contributed by atoms with E-state index in [9.17, 15) is 4.79 Å². The zero-order valence-electron chi connectivity index (χ0n) is 11.3. The van der Waals surface area contributed by atoms with Gasteiger partial charge in [0, 0.05) is 37.5 Å². The lowest BCUT2D eigenvalue weighted by molar-refractivity contribution is -0.116. The van der Waals surface area contributed by atoms with Crippen molar-refractivity contribution in [1.29, 1.82) is 0 Å². The average molecular weight is 262 g/mol. The van der Waals surface area contributed by atoms with Crippen molar-refractivity contribution < 1.29 is 9.90 Å². The summed E-state index contributed by atoms with van der Waals surface area (Å²) in [5.74, 6) is 0.0161. The highest BCUT2D eigenvalue weighted by Gasteiger charge is 2.11. The molecule has 0 aromatic heterocycles. The predicted octanol–water partition coefficient (Wildman–Crippen LogP) is 2.39. The van der Waals surface area contributed by atoms with Crippen LogP contribution >= 0.6 is 0 Å². The van der Waals surface area contributed by atoms with E-state index >= 15 is 0 Å². The number of carbonyl (C=O) groups is 1. The third-order valence-electron chi connectivity index (χ3n) is 3.43. The smallest absolute Gasteiger partial charge is 0.224 e. The van der Waals surface area contributed by atoms with Crippen LogP contribution in [0.5, 0.6) is 0 Å². The van der Waals surface area contributed by atoms with Gasteiger partial charge in [0.05, 0.1) is 0 Å². The Morgan fingerprint density at radius 3 is 2.47 bits per heavy atom. The molecule has 0 saturated carbocycles. The molecule has 2 rings (SSSR count). The number of aliphatic hydroxyl groups excluding tert-OH is 1. The van der Waals surface area contributed by atoms with Crippen molar-refractivity contribution in [2.45, 2.75) is 32.1 Å². The van der Waals surface area contributed by atoms with Gasteiger partial charge in [-0.05, 0) is 49.9 Å². The molecule has 2 N–H and O–H groups in total. The molecule has 0 aliphatic carbocycles. The van der Waals surface area contributed by atoms with Crippen LogP contribution in [0.15, 0.2) is 24.3 Å². The third-order valence-corrected chi connectivity index (χ3v) is 3.43. The number of nitrogens with one attached hydrogen (secondary N) is 1. The van der Waals surface area contributed by atoms with Crippen molar-refractivity contribution in [3.05, 3.63) is 24.3 Å². The summed E-state index contributed by atoms with van der Waals surface area (Å²) in [6.45, 7) is 2.41. The number of benzene rings is 1. The summed E-state index contributed by atoms with van der Waals surface area (Å²) in [6, 6.07) is 8.04. The van der Waals surface area contributed by atoms with Crippen LogP contribution in [-0.2, 0) is 4.79 Å². The number of hydrogen-bond acceptors (Lipinski definition) is 3. The lowest BCUT2D eigenvalue weighted by Crippen LogP contribution is -2.17. The van der Waals surface area contributed by atoms with Gasteiger partial charge in [-0.25, -0.2) is 0 Å². The van der Waals surface area contributed by atoms with Crippen LogP contribution in [0, 0.1) is 0 Å². The summed E-state index contributed by atoms with van der Waals surface area (Å²) in [4.78, 5) is 14.0. The van der Waals surface area contributed by atoms with E-state index < -0.39 is 0 Å². The highest BCUT2D eigenvalue weighted by molar-refractivity contribution is 5.90. The number of aliphatic hydroxyl groups is 1. The molecule has 0 atom stereocenters. The van der Waals surface area contributed by atoms with Crippen LogP contribution in [0.4, 0.5) is 11.4 Å². The fourth-order valence-electron chi connectivity index (χ4n) is 2.35. The maximum atomic E-state index is 11.6. The van der Waals surface area contributed by atoms with Crippen molar-refractivity contribution in [2.75, 3.05) is 29.9 Å². The monoisotopic (exact) mass is 262 g/mol. The van der Waals surface area contributed by atoms with Crippen molar-refractivity contribution in [3.8, 4) is 0 Å². The van der Waals surface area contributed by atoms with Gasteiger partial charge >= 0.3 is 0 Å². The van der Waals surface area contributed by atoms with Crippen molar-refractivity contribution in [2.24, 2.45) is 0 Å². The molecule has 0 spiro atoms. The first-order valence-corrected chi connectivity index (χ1v) is 7.05. The lowest BCUT2D eigenvalue weighted by Gasteiger charge is -2.17. The first kappa shape index (κ1) is 13.9. The largest absolute Gasteiger partial charge is 0.396 e. The number of nitrogens with zero attached hydrogens (tertiary/aromatic N) is 1. The summed E-state index contributed by atoms with van der Waals surface area (Å²) in [5.41, 5.74) is 2.08. The molecule has 0 bridgehead atoms. The van der Waals surface area contributed by atoms with Gasteiger partial charge in [-0.15, -0.1) is 0 Å². The Labute approximate surface area is 114 Å². The highest BCUT2D eigenvalue weighted by Crippen LogP contribution is 2.22. The third kappa shape index (κ3) is 4.24. The van der Waals surface area contributed by atoms with Crippen LogP contribution in [0.1, 0.15) is 32.1 Å². The van der Waals surface area contributed by atoms with Crippen LogP contribution < -0.4 is 10.2 Å². The van der Waals surface area contributed by atoms with Crippen LogP contribution in [0.25, 0.3) is 0 Å². The Morgan fingerprint density at radius 1 is 1.16 bits per heavy atom. The fourth-order valence-corrected chi connectivity index (χ4v) is 2.35. The topological polar surface area (TPSA) is 52.6 Å². The van der Waals surface area contributed by atoms with Crippen molar-refractivity contribution in [3.63, 3.8) is 0 Å². The van der Waals surface area contributed by atoms with Gasteiger partial charge in [-0.3, -0.25) is 4.79 Å². The van der Waals surface area contributed by atoms with E-state index in [1.165, 1.54) is 18.5 Å². The molecule has 4 heteroatoms. The molecule has 1 aliphatic heterocycles. The van der Waals surface area contributed by atoms with E-state index in [1.807, 2.05) is 12.1 Å². The Balaban J connectivity index is 1.82. The number of anilines is 2. The van der Waals surface area contributed by atoms with Gasteiger partial charge in [-0.2, -0.15) is 0 Å². The number of hydrogen-bond donors (Lipinski definition) is 2. The molecule has 4 nitrogen and oxygen atoms in total. The molecule has 1 saturated heterocycles. The van der Waals surface area contributed by atoms with Crippen LogP contribution in [-0.4, -0.2) is 30.7 Å². The van der Waals surface area contributed by atoms with Gasteiger partial charge in [0.1, 0.15) is 0 Å². The first-order valence-electron chi connectivity index (χ1n) is 7.05. The maximum absolute atomic E-state index is 11.6. The number of unbranched alkanes of at least 4 members (excludes halogenated alkanes) is 1. The Bertz CT molecular complexity index is 397. The van der Waals surface area contributed by atoms with E-state index in [0.717, 1.165) is 25.2 Å². The molecular weight excluding hydrogens is 240 g/mol. The second-order valence-electron chi connectivity index (χ2n) is 4.97. The van der Waals surface area contributed by atoms with Gasteiger partial charge in [0.2, 0.25) is 5.91 Å². The van der Waals surface area contributed by atoms with Gasteiger partial charge in [0.15, 0.2) is 0 Å². The molecule has 1 aliphatic rings. The molecule has 0 unspecified atom stereocenters. The standard InChI is InChI=1S/C15H22N2O2/c18-12-4-1-5-15(19)16-13-6-8-14(9-7-13)17-10-2-3-11-17/h6-9,18H,1-5,10-12H2,(H,16,19). The van der Waals surface area contributed by atoms with E-state index in [2.05, 4.69) is 22.3 Å². The molecule has 104 valence electrons. The fraction of sp³-hybridized carbons (Fsp3) is 0.533. The summed E-state index contributed by atoms with van der Waals surface area (Å²) in [5, 5.41) is 11.5. The van der Waals surface area contributed by atoms with E-state index in [1.54, 1.807) is 0 Å². The molecule has 1 fully saturated rings. The Hall–Kier alpha value is -1.55. The lowest BCUT2D eigenvalue weighted by atomic mass is 10.2. The predicted molar refractivity (Wildman–Crippen MR) is 77.5 cm³/mol. The quantitative estimate of drug-likeness (QED) is 0.774. The average Bonchev–Trinajstić information content (AvgIpc) is 2.94. The Morgan fingerprint density at radius 2 is 1.84 bits per heavy atom. The second-order valence-corrected chi connectivity index (χ2v) is 4.97.